The maximum Gasteiger partial charge on any atom is 0.233 e. The van der Waals surface area contributed by atoms with E-state index in [0.717, 1.165) is 16.8 Å². The third-order valence-electron chi connectivity index (χ3n) is 8.99. The van der Waals surface area contributed by atoms with Crippen LogP contribution in [0, 0.1) is 5.92 Å². The summed E-state index contributed by atoms with van der Waals surface area (Å²) in [6, 6.07) is 30.7. The number of ether oxygens (including phenoxy) is 1. The fourth-order valence-electron chi connectivity index (χ4n) is 6.47. The molecule has 0 bridgehead atoms. The van der Waals surface area contributed by atoms with Crippen LogP contribution in [0.1, 0.15) is 47.8 Å². The smallest absolute Gasteiger partial charge is 0.233 e. The largest absolute Gasteiger partial charge is 0.507 e. The molecule has 2 saturated heterocycles. The van der Waals surface area contributed by atoms with Crippen LogP contribution >= 0.6 is 0 Å². The van der Waals surface area contributed by atoms with E-state index in [9.17, 15) is 35.4 Å². The normalized spacial score (nSPS) is 27.2. The predicted octanol–water partition coefficient (Wildman–Crippen LogP) is 3.79. The number of para-hydroxylation sites is 1. The number of carbonyl (C=O) groups excluding carboxylic acids is 1. The van der Waals surface area contributed by atoms with Gasteiger partial charge in [0.25, 0.3) is 0 Å². The summed E-state index contributed by atoms with van der Waals surface area (Å²) in [4.78, 5) is 15.2. The van der Waals surface area contributed by atoms with Gasteiger partial charge in [-0.15, -0.1) is 0 Å². The first-order valence-electron chi connectivity index (χ1n) is 15.1. The van der Waals surface area contributed by atoms with E-state index in [1.54, 1.807) is 41.3 Å². The molecule has 0 spiro atoms. The zero-order valence-electron chi connectivity index (χ0n) is 24.5. The molecule has 9 heteroatoms. The molecule has 9 nitrogen and oxygen atoms in total. The van der Waals surface area contributed by atoms with E-state index in [2.05, 4.69) is 0 Å². The Morgan fingerprint density at radius 2 is 1.42 bits per heavy atom. The molecule has 4 aromatic rings. The van der Waals surface area contributed by atoms with Crippen LogP contribution in [-0.2, 0) is 9.53 Å². The second-order valence-corrected chi connectivity index (χ2v) is 11.7. The molecule has 0 aliphatic carbocycles. The lowest BCUT2D eigenvalue weighted by Crippen LogP contribution is -2.55. The Morgan fingerprint density at radius 3 is 2.07 bits per heavy atom. The third-order valence-corrected chi connectivity index (χ3v) is 8.99. The van der Waals surface area contributed by atoms with Crippen molar-refractivity contribution in [3.05, 3.63) is 120 Å². The number of benzene rings is 4. The number of amides is 1. The molecule has 1 amide bonds. The van der Waals surface area contributed by atoms with E-state index in [4.69, 9.17) is 4.74 Å². The first kappa shape index (κ1) is 30.9. The summed E-state index contributed by atoms with van der Waals surface area (Å²) in [6.45, 7) is -0.511. The summed E-state index contributed by atoms with van der Waals surface area (Å²) >= 11 is 0. The van der Waals surface area contributed by atoms with Gasteiger partial charge in [0, 0.05) is 11.3 Å². The Labute approximate surface area is 261 Å². The highest BCUT2D eigenvalue weighted by Gasteiger charge is 2.48. The molecule has 6 rings (SSSR count). The van der Waals surface area contributed by atoms with Crippen molar-refractivity contribution < 1.29 is 40.2 Å². The number of phenolic OH excluding ortho intramolecular Hbond substituents is 1. The van der Waals surface area contributed by atoms with Gasteiger partial charge < -0.3 is 40.3 Å². The van der Waals surface area contributed by atoms with Gasteiger partial charge in [-0.25, -0.2) is 0 Å². The number of β-lactam (4-membered cyclic amide) rings is 1. The molecule has 0 saturated carbocycles. The molecule has 0 aromatic heterocycles. The van der Waals surface area contributed by atoms with Gasteiger partial charge in [-0.3, -0.25) is 4.79 Å². The van der Waals surface area contributed by atoms with E-state index < -0.39 is 43.2 Å². The molecule has 2 fully saturated rings. The Morgan fingerprint density at radius 1 is 0.778 bits per heavy atom. The number of aliphatic hydroxyl groups is 5. The summed E-state index contributed by atoms with van der Waals surface area (Å²) in [5, 5.41) is 62.2. The zero-order valence-corrected chi connectivity index (χ0v) is 24.5. The van der Waals surface area contributed by atoms with Crippen LogP contribution in [0.2, 0.25) is 0 Å². The summed E-state index contributed by atoms with van der Waals surface area (Å²) in [5.41, 5.74) is 4.14. The van der Waals surface area contributed by atoms with Crippen LogP contribution in [0.4, 0.5) is 5.69 Å². The van der Waals surface area contributed by atoms with Crippen molar-refractivity contribution in [1.82, 2.24) is 0 Å². The topological polar surface area (TPSA) is 151 Å². The third kappa shape index (κ3) is 5.98. The maximum atomic E-state index is 13.4. The zero-order chi connectivity index (χ0) is 31.7. The molecule has 45 heavy (non-hydrogen) atoms. The number of hydrogen-bond donors (Lipinski definition) is 6. The van der Waals surface area contributed by atoms with Crippen LogP contribution in [0.3, 0.4) is 0 Å². The number of phenols is 1. The molecule has 0 radical (unpaired) electrons. The van der Waals surface area contributed by atoms with Gasteiger partial charge >= 0.3 is 0 Å². The van der Waals surface area contributed by atoms with Crippen LogP contribution in [0.25, 0.3) is 11.1 Å². The van der Waals surface area contributed by atoms with Crippen LogP contribution in [0.5, 0.6) is 5.75 Å². The van der Waals surface area contributed by atoms with Crippen molar-refractivity contribution in [2.75, 3.05) is 11.5 Å². The summed E-state index contributed by atoms with van der Waals surface area (Å²) in [5.74, 6) is -0.367. The number of nitrogens with zero attached hydrogens (tertiary/aromatic N) is 1. The fourth-order valence-corrected chi connectivity index (χ4v) is 6.47. The Bertz CT molecular complexity index is 1600. The van der Waals surface area contributed by atoms with E-state index >= 15 is 0 Å². The average molecular weight is 612 g/mol. The number of hydrogen-bond acceptors (Lipinski definition) is 8. The average Bonchev–Trinajstić information content (AvgIpc) is 3.07. The minimum atomic E-state index is -1.48. The molecule has 6 N–H and O–H groups in total. The molecule has 2 aliphatic rings. The second kappa shape index (κ2) is 13.1. The van der Waals surface area contributed by atoms with Gasteiger partial charge in [-0.2, -0.15) is 0 Å². The Balaban J connectivity index is 1.23. The van der Waals surface area contributed by atoms with Crippen LogP contribution in [-0.4, -0.2) is 67.6 Å². The quantitative estimate of drug-likeness (QED) is 0.157. The molecule has 234 valence electrons. The van der Waals surface area contributed by atoms with Gasteiger partial charge in [-0.05, 0) is 53.3 Å². The summed E-state index contributed by atoms with van der Waals surface area (Å²) in [6.07, 6.45) is -6.06. The fraction of sp³-hybridized carbons (Fsp3) is 0.306. The molecular weight excluding hydrogens is 574 g/mol. The number of rotatable bonds is 9. The lowest BCUT2D eigenvalue weighted by Gasteiger charge is -2.48. The van der Waals surface area contributed by atoms with Crippen molar-refractivity contribution in [3.8, 4) is 16.9 Å². The van der Waals surface area contributed by atoms with Crippen molar-refractivity contribution in [2.45, 2.75) is 55.5 Å². The Hall–Kier alpha value is -4.09. The first-order valence-corrected chi connectivity index (χ1v) is 15.1. The maximum absolute atomic E-state index is 13.4. The van der Waals surface area contributed by atoms with Crippen molar-refractivity contribution in [1.29, 1.82) is 0 Å². The molecule has 2 heterocycles. The van der Waals surface area contributed by atoms with E-state index in [0.29, 0.717) is 29.5 Å². The monoisotopic (exact) mass is 611 g/mol. The Kier molecular flexibility index (Phi) is 9.00. The molecular formula is C36H37NO8. The van der Waals surface area contributed by atoms with Crippen LogP contribution < -0.4 is 4.90 Å². The lowest BCUT2D eigenvalue weighted by molar-refractivity contribution is -0.231. The highest BCUT2D eigenvalue weighted by Crippen LogP contribution is 2.47. The lowest BCUT2D eigenvalue weighted by atomic mass is 9.78. The molecule has 0 unspecified atom stereocenters. The second-order valence-electron chi connectivity index (χ2n) is 11.7. The highest BCUT2D eigenvalue weighted by atomic mass is 16.5. The molecule has 4 aromatic carbocycles. The number of aromatic hydroxyl groups is 1. The van der Waals surface area contributed by atoms with Crippen molar-refractivity contribution in [3.63, 3.8) is 0 Å². The van der Waals surface area contributed by atoms with E-state index in [-0.39, 0.29) is 23.6 Å². The minimum absolute atomic E-state index is 0.0289. The molecule has 8 atom stereocenters. The van der Waals surface area contributed by atoms with Crippen LogP contribution in [0.15, 0.2) is 103 Å². The van der Waals surface area contributed by atoms with Gasteiger partial charge in [-0.1, -0.05) is 84.9 Å². The van der Waals surface area contributed by atoms with Gasteiger partial charge in [0.05, 0.1) is 24.7 Å². The van der Waals surface area contributed by atoms with E-state index in [1.165, 1.54) is 0 Å². The predicted molar refractivity (Wildman–Crippen MR) is 167 cm³/mol. The van der Waals surface area contributed by atoms with Gasteiger partial charge in [0.2, 0.25) is 5.91 Å². The first-order chi connectivity index (χ1) is 21.8. The van der Waals surface area contributed by atoms with Gasteiger partial charge in [0.15, 0.2) is 0 Å². The number of anilines is 1. The minimum Gasteiger partial charge on any atom is -0.507 e. The standard InChI is InChI=1S/C36H37NO8/c38-20-30-32(41)33(42)34(43)35(45-30)23-13-11-21(12-14-23)26-16-15-24(19-29(26)40)31-27(17-18-28(39)22-7-3-1-4-8-22)36(44)37(31)25-9-5-2-6-10-25/h1-16,19,27-28,30-35,38-43H,17-18,20H2/t27-,28+,30-,31-,32-,33+,34-,35+/m1/s1. The van der Waals surface area contributed by atoms with Crippen molar-refractivity contribution in [2.24, 2.45) is 5.92 Å². The highest BCUT2D eigenvalue weighted by molar-refractivity contribution is 6.03. The number of aliphatic hydroxyl groups excluding tert-OH is 5. The van der Waals surface area contributed by atoms with Gasteiger partial charge in [0.1, 0.15) is 36.3 Å². The number of carbonyl (C=O) groups is 1. The summed E-state index contributed by atoms with van der Waals surface area (Å²) in [7, 11) is 0. The molecule has 2 aliphatic heterocycles. The van der Waals surface area contributed by atoms with E-state index in [1.807, 2.05) is 66.7 Å². The van der Waals surface area contributed by atoms with Crippen molar-refractivity contribution >= 4 is 11.6 Å². The summed E-state index contributed by atoms with van der Waals surface area (Å²) < 4.78 is 5.66. The SMILES string of the molecule is O=C1[C@H](CC[C@H](O)c2ccccc2)[C@@H](c2ccc(-c3ccc([C@@H]4O[C@H](CO)[C@@H](O)[C@H](O)[C@H]4O)cc3)c(O)c2)N1c1ccccc1.